The minimum Gasteiger partial charge on any atom is -0.345 e. The Morgan fingerprint density at radius 2 is 1.96 bits per heavy atom. The molecule has 7 nitrogen and oxygen atoms in total. The van der Waals surface area contributed by atoms with E-state index in [0.717, 1.165) is 43.3 Å². The van der Waals surface area contributed by atoms with E-state index in [-0.39, 0.29) is 5.91 Å². The fourth-order valence-corrected chi connectivity index (χ4v) is 3.95. The molecule has 1 saturated heterocycles. The van der Waals surface area contributed by atoms with E-state index in [1.165, 1.54) is 5.56 Å². The summed E-state index contributed by atoms with van der Waals surface area (Å²) >= 11 is 1.63. The topological polar surface area (TPSA) is 75.4 Å². The Hall–Kier alpha value is -2.74. The molecule has 8 heteroatoms. The number of carbonyl (C=O) groups is 1. The summed E-state index contributed by atoms with van der Waals surface area (Å²) in [6.45, 7) is 5.20. The highest BCUT2D eigenvalue weighted by atomic mass is 32.1. The maximum atomic E-state index is 12.5. The van der Waals surface area contributed by atoms with Crippen molar-refractivity contribution in [3.8, 4) is 11.4 Å². The summed E-state index contributed by atoms with van der Waals surface area (Å²) in [7, 11) is 0. The highest BCUT2D eigenvalue weighted by Gasteiger charge is 2.22. The normalized spacial score (nSPS) is 14.5. The Morgan fingerprint density at radius 3 is 2.64 bits per heavy atom. The van der Waals surface area contributed by atoms with Gasteiger partial charge in [0, 0.05) is 56.2 Å². The number of anilines is 1. The molecule has 0 bridgehead atoms. The van der Waals surface area contributed by atoms with Crippen LogP contribution in [-0.4, -0.2) is 52.1 Å². The number of aryl methyl sites for hydroxylation is 2. The average Bonchev–Trinajstić information content (AvgIpc) is 3.44. The minimum absolute atomic E-state index is 0.130. The lowest BCUT2D eigenvalue weighted by Crippen LogP contribution is -2.48. The summed E-state index contributed by atoms with van der Waals surface area (Å²) in [6.07, 6.45) is 3.66. The van der Waals surface area contributed by atoms with E-state index in [2.05, 4.69) is 39.1 Å². The number of nitrogens with zero attached hydrogens (tertiary/aromatic N) is 5. The minimum atomic E-state index is 0.130. The molecule has 1 aliphatic rings. The van der Waals surface area contributed by atoms with Crippen LogP contribution in [0.5, 0.6) is 0 Å². The Balaban J connectivity index is 1.27. The van der Waals surface area contributed by atoms with Gasteiger partial charge in [0.2, 0.25) is 17.6 Å². The fraction of sp³-hybridized carbons (Fsp3) is 0.400. The smallest absolute Gasteiger partial charge is 0.227 e. The number of benzene rings is 1. The molecule has 0 N–H and O–H groups in total. The molecule has 4 rings (SSSR count). The van der Waals surface area contributed by atoms with Crippen LogP contribution in [0.25, 0.3) is 11.4 Å². The van der Waals surface area contributed by atoms with Crippen molar-refractivity contribution in [3.05, 3.63) is 47.3 Å². The molecule has 3 heterocycles. The number of thiazole rings is 1. The van der Waals surface area contributed by atoms with E-state index in [1.807, 2.05) is 28.6 Å². The summed E-state index contributed by atoms with van der Waals surface area (Å²) in [5.74, 6) is 1.21. The predicted molar refractivity (Wildman–Crippen MR) is 108 cm³/mol. The third-order valence-corrected chi connectivity index (χ3v) is 5.80. The maximum Gasteiger partial charge on any atom is 0.227 e. The van der Waals surface area contributed by atoms with Crippen molar-refractivity contribution >= 4 is 22.4 Å². The van der Waals surface area contributed by atoms with Crippen LogP contribution in [-0.2, 0) is 17.6 Å². The Bertz CT molecular complexity index is 899. The van der Waals surface area contributed by atoms with Gasteiger partial charge >= 0.3 is 0 Å². The van der Waals surface area contributed by atoms with E-state index in [4.69, 9.17) is 4.52 Å². The van der Waals surface area contributed by atoms with Crippen LogP contribution >= 0.6 is 11.3 Å². The highest BCUT2D eigenvalue weighted by molar-refractivity contribution is 7.13. The quantitative estimate of drug-likeness (QED) is 0.636. The van der Waals surface area contributed by atoms with Crippen LogP contribution < -0.4 is 4.90 Å². The number of rotatable bonds is 6. The molecule has 0 aliphatic carbocycles. The average molecular weight is 398 g/mol. The molecule has 0 unspecified atom stereocenters. The first-order valence-electron chi connectivity index (χ1n) is 9.57. The van der Waals surface area contributed by atoms with Gasteiger partial charge in [0.15, 0.2) is 5.13 Å². The van der Waals surface area contributed by atoms with E-state index in [1.54, 1.807) is 11.3 Å². The number of aromatic nitrogens is 3. The predicted octanol–water partition coefficient (Wildman–Crippen LogP) is 3.04. The second-order valence-electron chi connectivity index (χ2n) is 6.74. The van der Waals surface area contributed by atoms with Crippen molar-refractivity contribution in [2.24, 2.45) is 0 Å². The SMILES string of the molecule is CCc1ccc(-c2noc(CCC(=O)N3CCN(c4nccs4)CC3)n2)cc1. The molecule has 1 fully saturated rings. The molecule has 0 radical (unpaired) electrons. The molecule has 3 aromatic rings. The lowest BCUT2D eigenvalue weighted by atomic mass is 10.1. The summed E-state index contributed by atoms with van der Waals surface area (Å²) in [5, 5.41) is 7.05. The van der Waals surface area contributed by atoms with Gasteiger partial charge in [-0.1, -0.05) is 36.3 Å². The van der Waals surface area contributed by atoms with Gasteiger partial charge in [-0.25, -0.2) is 4.98 Å². The number of amides is 1. The van der Waals surface area contributed by atoms with Gasteiger partial charge in [0.25, 0.3) is 0 Å². The van der Waals surface area contributed by atoms with Crippen molar-refractivity contribution in [2.75, 3.05) is 31.1 Å². The Morgan fingerprint density at radius 1 is 1.18 bits per heavy atom. The van der Waals surface area contributed by atoms with Crippen LogP contribution in [0, 0.1) is 0 Å². The van der Waals surface area contributed by atoms with E-state index < -0.39 is 0 Å². The third-order valence-electron chi connectivity index (χ3n) is 4.96. The number of piperazine rings is 1. The zero-order chi connectivity index (χ0) is 19.3. The first-order chi connectivity index (χ1) is 13.7. The summed E-state index contributed by atoms with van der Waals surface area (Å²) in [5.41, 5.74) is 2.20. The Labute approximate surface area is 168 Å². The lowest BCUT2D eigenvalue weighted by molar-refractivity contribution is -0.131. The summed E-state index contributed by atoms with van der Waals surface area (Å²) in [4.78, 5) is 25.4. The van der Waals surface area contributed by atoms with Crippen molar-refractivity contribution in [1.29, 1.82) is 0 Å². The molecule has 28 heavy (non-hydrogen) atoms. The van der Waals surface area contributed by atoms with Crippen molar-refractivity contribution in [2.45, 2.75) is 26.2 Å². The van der Waals surface area contributed by atoms with Crippen LogP contribution in [0.3, 0.4) is 0 Å². The first-order valence-corrected chi connectivity index (χ1v) is 10.4. The largest absolute Gasteiger partial charge is 0.345 e. The van der Waals surface area contributed by atoms with Gasteiger partial charge in [0.1, 0.15) is 0 Å². The standard InChI is InChI=1S/C20H23N5O2S/c1-2-15-3-5-16(6-4-15)19-22-17(27-23-19)7-8-18(26)24-10-12-25(13-11-24)20-21-9-14-28-20/h3-6,9,14H,2,7-8,10-13H2,1H3. The Kier molecular flexibility index (Phi) is 5.66. The number of hydrogen-bond acceptors (Lipinski definition) is 7. The van der Waals surface area contributed by atoms with Crippen molar-refractivity contribution < 1.29 is 9.32 Å². The van der Waals surface area contributed by atoms with E-state index in [9.17, 15) is 4.79 Å². The van der Waals surface area contributed by atoms with Gasteiger partial charge in [0.05, 0.1) is 0 Å². The molecule has 146 valence electrons. The molecule has 0 spiro atoms. The zero-order valence-electron chi connectivity index (χ0n) is 15.9. The fourth-order valence-electron chi connectivity index (χ4n) is 3.25. The first kappa shape index (κ1) is 18.6. The van der Waals surface area contributed by atoms with Crippen LogP contribution in [0.1, 0.15) is 24.8 Å². The van der Waals surface area contributed by atoms with Gasteiger partial charge in [-0.3, -0.25) is 4.79 Å². The van der Waals surface area contributed by atoms with Crippen LogP contribution in [0.15, 0.2) is 40.4 Å². The van der Waals surface area contributed by atoms with Crippen molar-refractivity contribution in [1.82, 2.24) is 20.0 Å². The molecule has 0 atom stereocenters. The van der Waals surface area contributed by atoms with Crippen LogP contribution in [0.4, 0.5) is 5.13 Å². The molecule has 1 aliphatic heterocycles. The van der Waals surface area contributed by atoms with E-state index >= 15 is 0 Å². The summed E-state index contributed by atoms with van der Waals surface area (Å²) < 4.78 is 5.33. The molecule has 1 amide bonds. The second kappa shape index (κ2) is 8.52. The molecular weight excluding hydrogens is 374 g/mol. The van der Waals surface area contributed by atoms with Crippen LogP contribution in [0.2, 0.25) is 0 Å². The monoisotopic (exact) mass is 397 g/mol. The van der Waals surface area contributed by atoms with Gasteiger partial charge in [-0.05, 0) is 12.0 Å². The van der Waals surface area contributed by atoms with Gasteiger partial charge in [-0.2, -0.15) is 4.98 Å². The molecule has 0 saturated carbocycles. The lowest BCUT2D eigenvalue weighted by Gasteiger charge is -2.34. The van der Waals surface area contributed by atoms with Gasteiger partial charge in [-0.15, -0.1) is 11.3 Å². The number of hydrogen-bond donors (Lipinski definition) is 0. The molecule has 1 aromatic carbocycles. The zero-order valence-corrected chi connectivity index (χ0v) is 16.7. The highest BCUT2D eigenvalue weighted by Crippen LogP contribution is 2.20. The summed E-state index contributed by atoms with van der Waals surface area (Å²) in [6, 6.07) is 8.14. The van der Waals surface area contributed by atoms with Gasteiger partial charge < -0.3 is 14.3 Å². The van der Waals surface area contributed by atoms with E-state index in [0.29, 0.717) is 24.6 Å². The van der Waals surface area contributed by atoms with Crippen molar-refractivity contribution in [3.63, 3.8) is 0 Å². The third kappa shape index (κ3) is 4.22. The molecule has 2 aromatic heterocycles. The second-order valence-corrected chi connectivity index (χ2v) is 7.62. The number of carbonyl (C=O) groups excluding carboxylic acids is 1. The maximum absolute atomic E-state index is 12.5. The molecular formula is C20H23N5O2S.